The number of aromatic amines is 1. The zero-order chi connectivity index (χ0) is 13.6. The smallest absolute Gasteiger partial charge is 0.182 e. The zero-order valence-corrected chi connectivity index (χ0v) is 12.5. The number of imidazole rings is 1. The molecule has 0 amide bonds. The molecule has 1 aromatic heterocycles. The lowest BCUT2D eigenvalue weighted by Crippen LogP contribution is -1.96. The molecular weight excluding hydrogens is 327 g/mol. The number of hydrogen-bond acceptors (Lipinski definition) is 1. The van der Waals surface area contributed by atoms with Crippen LogP contribution in [0, 0.1) is 17.5 Å². The largest absolute Gasteiger partial charge is 0.330 e. The van der Waals surface area contributed by atoms with Crippen LogP contribution in [0.3, 0.4) is 0 Å². The van der Waals surface area contributed by atoms with Gasteiger partial charge in [-0.2, -0.15) is 0 Å². The fourth-order valence-corrected chi connectivity index (χ4v) is 3.09. The van der Waals surface area contributed by atoms with E-state index >= 15 is 0 Å². The summed E-state index contributed by atoms with van der Waals surface area (Å²) in [6, 6.07) is 10.6. The van der Waals surface area contributed by atoms with Crippen LogP contribution in [0.2, 0.25) is 0 Å². The summed E-state index contributed by atoms with van der Waals surface area (Å²) in [5.74, 6) is -0.279. The van der Waals surface area contributed by atoms with Gasteiger partial charge in [-0.15, -0.1) is 0 Å². The van der Waals surface area contributed by atoms with Gasteiger partial charge in [0.05, 0.1) is 16.7 Å². The maximum absolute atomic E-state index is 13.4. The maximum atomic E-state index is 13.4. The molecule has 5 heteroatoms. The average Bonchev–Trinajstić information content (AvgIpc) is 2.65. The third-order valence-electron chi connectivity index (χ3n) is 2.99. The molecule has 96 valence electrons. The third kappa shape index (κ3) is 2.13. The van der Waals surface area contributed by atoms with Crippen molar-refractivity contribution < 1.29 is 4.39 Å². The lowest BCUT2D eigenvalue weighted by atomic mass is 10.2. The summed E-state index contributed by atoms with van der Waals surface area (Å²) in [6.07, 6.45) is 0. The number of nitrogens with one attached hydrogen (secondary N) is 1. The predicted octanol–water partition coefficient (Wildman–Crippen LogP) is 4.90. The molecule has 2 nitrogen and oxygen atoms in total. The quantitative estimate of drug-likeness (QED) is 0.627. The van der Waals surface area contributed by atoms with Gasteiger partial charge in [0.1, 0.15) is 5.82 Å². The van der Waals surface area contributed by atoms with Crippen molar-refractivity contribution in [2.75, 3.05) is 0 Å². The van der Waals surface area contributed by atoms with Crippen LogP contribution >= 0.6 is 28.1 Å². The minimum Gasteiger partial charge on any atom is -0.330 e. The summed E-state index contributed by atoms with van der Waals surface area (Å²) in [7, 11) is 0. The Kier molecular flexibility index (Phi) is 3.03. The SMILES string of the molecule is Cc1ccc(-n2c(=S)[nH]c3ccc(F)cc32)c(Br)c1. The lowest BCUT2D eigenvalue weighted by Gasteiger charge is -2.08. The van der Waals surface area contributed by atoms with Gasteiger partial charge < -0.3 is 4.98 Å². The Hall–Kier alpha value is -1.46. The standard InChI is InChI=1S/C14H10BrFN2S/c1-8-2-5-12(10(15)6-8)18-13-7-9(16)3-4-11(13)17-14(18)19/h2-7H,1H3,(H,17,19). The number of aromatic nitrogens is 2. The number of benzene rings is 2. The first-order valence-electron chi connectivity index (χ1n) is 5.73. The van der Waals surface area contributed by atoms with Crippen molar-refractivity contribution in [2.45, 2.75) is 6.92 Å². The molecule has 2 aromatic carbocycles. The van der Waals surface area contributed by atoms with E-state index in [9.17, 15) is 4.39 Å². The molecule has 0 saturated heterocycles. The number of aryl methyl sites for hydroxylation is 1. The summed E-state index contributed by atoms with van der Waals surface area (Å²) in [5, 5.41) is 0. The topological polar surface area (TPSA) is 20.7 Å². The van der Waals surface area contributed by atoms with Crippen LogP contribution in [0.5, 0.6) is 0 Å². The van der Waals surface area contributed by atoms with Crippen molar-refractivity contribution in [2.24, 2.45) is 0 Å². The van der Waals surface area contributed by atoms with Gasteiger partial charge in [0, 0.05) is 10.5 Å². The van der Waals surface area contributed by atoms with E-state index in [1.165, 1.54) is 12.1 Å². The monoisotopic (exact) mass is 336 g/mol. The molecule has 0 unspecified atom stereocenters. The van der Waals surface area contributed by atoms with Crippen molar-refractivity contribution in [3.05, 3.63) is 57.0 Å². The van der Waals surface area contributed by atoms with Gasteiger partial charge in [-0.25, -0.2) is 4.39 Å². The van der Waals surface area contributed by atoms with Gasteiger partial charge in [-0.1, -0.05) is 6.07 Å². The second kappa shape index (κ2) is 4.58. The average molecular weight is 337 g/mol. The highest BCUT2D eigenvalue weighted by atomic mass is 79.9. The van der Waals surface area contributed by atoms with Gasteiger partial charge >= 0.3 is 0 Å². The summed E-state index contributed by atoms with van der Waals surface area (Å²) >= 11 is 8.87. The van der Waals surface area contributed by atoms with Crippen LogP contribution in [0.4, 0.5) is 4.39 Å². The molecule has 0 saturated carbocycles. The number of fused-ring (bicyclic) bond motifs is 1. The first-order chi connectivity index (χ1) is 9.06. The van der Waals surface area contributed by atoms with Crippen LogP contribution < -0.4 is 0 Å². The maximum Gasteiger partial charge on any atom is 0.182 e. The van der Waals surface area contributed by atoms with E-state index in [4.69, 9.17) is 12.2 Å². The second-order valence-electron chi connectivity index (χ2n) is 4.38. The van der Waals surface area contributed by atoms with E-state index in [2.05, 4.69) is 20.9 Å². The Bertz CT molecular complexity index is 835. The van der Waals surface area contributed by atoms with E-state index in [0.717, 1.165) is 26.8 Å². The molecular formula is C14H10BrFN2S. The molecule has 0 aliphatic heterocycles. The van der Waals surface area contributed by atoms with Crippen LogP contribution in [0.25, 0.3) is 16.7 Å². The molecule has 0 atom stereocenters. The van der Waals surface area contributed by atoms with Crippen molar-refractivity contribution in [3.8, 4) is 5.69 Å². The number of H-pyrrole nitrogens is 1. The highest BCUT2D eigenvalue weighted by Crippen LogP contribution is 2.27. The van der Waals surface area contributed by atoms with Crippen molar-refractivity contribution >= 4 is 39.2 Å². The third-order valence-corrected chi connectivity index (χ3v) is 3.91. The molecule has 0 bridgehead atoms. The van der Waals surface area contributed by atoms with Gasteiger partial charge in [0.15, 0.2) is 4.77 Å². The van der Waals surface area contributed by atoms with Crippen molar-refractivity contribution in [3.63, 3.8) is 0 Å². The molecule has 0 spiro atoms. The highest BCUT2D eigenvalue weighted by molar-refractivity contribution is 9.10. The highest BCUT2D eigenvalue weighted by Gasteiger charge is 2.10. The summed E-state index contributed by atoms with van der Waals surface area (Å²) in [6.45, 7) is 2.02. The normalized spacial score (nSPS) is 11.1. The Balaban J connectivity index is 2.38. The molecule has 3 rings (SSSR count). The first kappa shape index (κ1) is 12.6. The van der Waals surface area contributed by atoms with Crippen molar-refractivity contribution in [1.82, 2.24) is 9.55 Å². The molecule has 1 heterocycles. The Morgan fingerprint density at radius 1 is 1.21 bits per heavy atom. The molecule has 1 N–H and O–H groups in total. The molecule has 0 aliphatic carbocycles. The summed E-state index contributed by atoms with van der Waals surface area (Å²) < 4.78 is 16.7. The Labute approximate surface area is 123 Å². The van der Waals surface area contributed by atoms with Crippen molar-refractivity contribution in [1.29, 1.82) is 0 Å². The molecule has 0 aliphatic rings. The first-order valence-corrected chi connectivity index (χ1v) is 6.93. The zero-order valence-electron chi connectivity index (χ0n) is 10.1. The minimum absolute atomic E-state index is 0.279. The van der Waals surface area contributed by atoms with Crippen LogP contribution in [0.15, 0.2) is 40.9 Å². The van der Waals surface area contributed by atoms with Crippen LogP contribution in [-0.2, 0) is 0 Å². The fourth-order valence-electron chi connectivity index (χ4n) is 2.11. The van der Waals surface area contributed by atoms with Gasteiger partial charge in [0.2, 0.25) is 0 Å². The number of nitrogens with zero attached hydrogens (tertiary/aromatic N) is 1. The van der Waals surface area contributed by atoms with Gasteiger partial charge in [0.25, 0.3) is 0 Å². The number of hydrogen-bond donors (Lipinski definition) is 1. The minimum atomic E-state index is -0.279. The van der Waals surface area contributed by atoms with Crippen LogP contribution in [0.1, 0.15) is 5.56 Å². The van der Waals surface area contributed by atoms with E-state index < -0.39 is 0 Å². The molecule has 0 radical (unpaired) electrons. The van der Waals surface area contributed by atoms with Crippen LogP contribution in [-0.4, -0.2) is 9.55 Å². The van der Waals surface area contributed by atoms with Gasteiger partial charge in [-0.3, -0.25) is 4.57 Å². The molecule has 19 heavy (non-hydrogen) atoms. The molecule has 0 fully saturated rings. The predicted molar refractivity (Wildman–Crippen MR) is 80.9 cm³/mol. The summed E-state index contributed by atoms with van der Waals surface area (Å²) in [4.78, 5) is 3.08. The fraction of sp³-hybridized carbons (Fsp3) is 0.0714. The van der Waals surface area contributed by atoms with E-state index in [1.807, 2.05) is 29.7 Å². The lowest BCUT2D eigenvalue weighted by molar-refractivity contribution is 0.629. The number of rotatable bonds is 1. The van der Waals surface area contributed by atoms with E-state index in [0.29, 0.717) is 4.77 Å². The molecule has 3 aromatic rings. The summed E-state index contributed by atoms with van der Waals surface area (Å²) in [5.41, 5.74) is 3.59. The Morgan fingerprint density at radius 3 is 2.74 bits per heavy atom. The number of halogens is 2. The van der Waals surface area contributed by atoms with E-state index in [1.54, 1.807) is 6.07 Å². The Morgan fingerprint density at radius 2 is 2.00 bits per heavy atom. The van der Waals surface area contributed by atoms with Gasteiger partial charge in [-0.05, 0) is 64.9 Å². The second-order valence-corrected chi connectivity index (χ2v) is 5.62. The van der Waals surface area contributed by atoms with E-state index in [-0.39, 0.29) is 5.82 Å².